The fourth-order valence-corrected chi connectivity index (χ4v) is 1.25. The molecule has 11 heavy (non-hydrogen) atoms. The third-order valence-corrected chi connectivity index (χ3v) is 1.92. The second-order valence-corrected chi connectivity index (χ2v) is 2.60. The summed E-state index contributed by atoms with van der Waals surface area (Å²) in [6.07, 6.45) is 12.6. The van der Waals surface area contributed by atoms with E-state index in [2.05, 4.69) is 37.8 Å². The summed E-state index contributed by atoms with van der Waals surface area (Å²) in [6, 6.07) is 0. The average Bonchev–Trinajstić information content (AvgIpc) is 2.09. The normalized spacial score (nSPS) is 20.1. The Morgan fingerprint density at radius 3 is 2.91 bits per heavy atom. The molecule has 1 rings (SSSR count). The molecule has 0 N–H and O–H groups in total. The SMILES string of the molecule is C=C/C(CC)=C1\C=CC=CC1. The molecule has 0 amide bonds. The van der Waals surface area contributed by atoms with E-state index in [4.69, 9.17) is 0 Å². The Balaban J connectivity index is 2.85. The summed E-state index contributed by atoms with van der Waals surface area (Å²) < 4.78 is 0. The van der Waals surface area contributed by atoms with Crippen molar-refractivity contribution in [1.82, 2.24) is 0 Å². The first-order valence-corrected chi connectivity index (χ1v) is 4.06. The van der Waals surface area contributed by atoms with Crippen LogP contribution < -0.4 is 0 Å². The lowest BCUT2D eigenvalue weighted by Crippen LogP contribution is -1.86. The number of hydrogen-bond acceptors (Lipinski definition) is 0. The zero-order valence-corrected chi connectivity index (χ0v) is 7.01. The van der Waals surface area contributed by atoms with Crippen molar-refractivity contribution >= 4 is 0 Å². The average molecular weight is 146 g/mol. The lowest BCUT2D eigenvalue weighted by molar-refractivity contribution is 1.09. The van der Waals surface area contributed by atoms with Crippen molar-refractivity contribution in [2.45, 2.75) is 19.8 Å². The highest BCUT2D eigenvalue weighted by Crippen LogP contribution is 2.18. The molecule has 0 aromatic carbocycles. The zero-order valence-electron chi connectivity index (χ0n) is 7.01. The highest BCUT2D eigenvalue weighted by atomic mass is 14.0. The minimum absolute atomic E-state index is 1.06. The minimum Gasteiger partial charge on any atom is -0.0988 e. The highest BCUT2D eigenvalue weighted by Gasteiger charge is 1.98. The van der Waals surface area contributed by atoms with Crippen molar-refractivity contribution in [3.8, 4) is 0 Å². The van der Waals surface area contributed by atoms with Gasteiger partial charge in [-0.2, -0.15) is 0 Å². The Hall–Kier alpha value is -1.04. The first kappa shape index (κ1) is 8.06. The summed E-state index contributed by atoms with van der Waals surface area (Å²) in [7, 11) is 0. The highest BCUT2D eigenvalue weighted by molar-refractivity contribution is 5.37. The van der Waals surface area contributed by atoms with Crippen LogP contribution in [0, 0.1) is 0 Å². The fourth-order valence-electron chi connectivity index (χ4n) is 1.25. The maximum Gasteiger partial charge on any atom is -0.00916 e. The van der Waals surface area contributed by atoms with Gasteiger partial charge in [0.15, 0.2) is 0 Å². The molecule has 0 aliphatic heterocycles. The smallest absolute Gasteiger partial charge is 0.00916 e. The molecule has 0 spiro atoms. The molecule has 0 unspecified atom stereocenters. The number of allylic oxidation sites excluding steroid dienone is 7. The third kappa shape index (κ3) is 1.94. The van der Waals surface area contributed by atoms with Crippen molar-refractivity contribution in [3.63, 3.8) is 0 Å². The molecule has 0 heterocycles. The van der Waals surface area contributed by atoms with Crippen LogP contribution in [0.2, 0.25) is 0 Å². The molecule has 0 atom stereocenters. The van der Waals surface area contributed by atoms with Crippen LogP contribution in [0.25, 0.3) is 0 Å². The van der Waals surface area contributed by atoms with Crippen LogP contribution in [0.5, 0.6) is 0 Å². The molecule has 0 aromatic rings. The standard InChI is InChI=1S/C11H14/c1-3-10(4-2)11-8-6-5-7-9-11/h3,5-8H,1,4,9H2,2H3/b11-10-. The van der Waals surface area contributed by atoms with E-state index in [9.17, 15) is 0 Å². The second-order valence-electron chi connectivity index (χ2n) is 2.60. The van der Waals surface area contributed by atoms with Crippen LogP contribution in [0.1, 0.15) is 19.8 Å². The minimum atomic E-state index is 1.06. The Morgan fingerprint density at radius 2 is 2.45 bits per heavy atom. The molecule has 58 valence electrons. The Morgan fingerprint density at radius 1 is 1.64 bits per heavy atom. The second kappa shape index (κ2) is 3.97. The molecular formula is C11H14. The van der Waals surface area contributed by atoms with E-state index in [-0.39, 0.29) is 0 Å². The molecule has 0 saturated carbocycles. The van der Waals surface area contributed by atoms with Crippen LogP contribution >= 0.6 is 0 Å². The summed E-state index contributed by atoms with van der Waals surface area (Å²) in [6.45, 7) is 5.95. The zero-order chi connectivity index (χ0) is 8.10. The molecule has 0 nitrogen and oxygen atoms in total. The molecule has 0 saturated heterocycles. The summed E-state index contributed by atoms with van der Waals surface area (Å²) >= 11 is 0. The van der Waals surface area contributed by atoms with Gasteiger partial charge in [-0.15, -0.1) is 0 Å². The molecule has 1 aliphatic carbocycles. The van der Waals surface area contributed by atoms with Gasteiger partial charge < -0.3 is 0 Å². The first-order chi connectivity index (χ1) is 5.38. The van der Waals surface area contributed by atoms with Gasteiger partial charge >= 0.3 is 0 Å². The monoisotopic (exact) mass is 146 g/mol. The summed E-state index contributed by atoms with van der Waals surface area (Å²) in [4.78, 5) is 0. The molecule has 0 fully saturated rings. The Labute approximate surface area is 68.6 Å². The van der Waals surface area contributed by atoms with Crippen molar-refractivity contribution in [2.75, 3.05) is 0 Å². The van der Waals surface area contributed by atoms with E-state index in [0.29, 0.717) is 0 Å². The molecule has 0 bridgehead atoms. The molecular weight excluding hydrogens is 132 g/mol. The van der Waals surface area contributed by atoms with Gasteiger partial charge in [-0.25, -0.2) is 0 Å². The Bertz CT molecular complexity index is 226. The van der Waals surface area contributed by atoms with E-state index in [1.165, 1.54) is 11.1 Å². The predicted octanol–water partition coefficient (Wildman–Crippen LogP) is 3.40. The van der Waals surface area contributed by atoms with Crippen molar-refractivity contribution < 1.29 is 0 Å². The van der Waals surface area contributed by atoms with E-state index in [1.807, 2.05) is 6.08 Å². The van der Waals surface area contributed by atoms with E-state index < -0.39 is 0 Å². The Kier molecular flexibility index (Phi) is 2.91. The lowest BCUT2D eigenvalue weighted by atomic mass is 10.00. The first-order valence-electron chi connectivity index (χ1n) is 4.06. The van der Waals surface area contributed by atoms with Gasteiger partial charge in [-0.05, 0) is 24.0 Å². The largest absolute Gasteiger partial charge is 0.0988 e. The van der Waals surface area contributed by atoms with Gasteiger partial charge in [0.05, 0.1) is 0 Å². The van der Waals surface area contributed by atoms with Gasteiger partial charge in [-0.1, -0.05) is 43.9 Å². The lowest BCUT2D eigenvalue weighted by Gasteiger charge is -2.06. The summed E-state index contributed by atoms with van der Waals surface area (Å²) in [5.41, 5.74) is 2.77. The van der Waals surface area contributed by atoms with Gasteiger partial charge in [0.1, 0.15) is 0 Å². The summed E-state index contributed by atoms with van der Waals surface area (Å²) in [5.74, 6) is 0. The maximum absolute atomic E-state index is 3.79. The third-order valence-electron chi connectivity index (χ3n) is 1.92. The van der Waals surface area contributed by atoms with Crippen LogP contribution in [0.3, 0.4) is 0 Å². The number of hydrogen-bond donors (Lipinski definition) is 0. The van der Waals surface area contributed by atoms with Crippen LogP contribution in [-0.2, 0) is 0 Å². The van der Waals surface area contributed by atoms with Gasteiger partial charge in [0.2, 0.25) is 0 Å². The molecule has 0 aromatic heterocycles. The fraction of sp³-hybridized carbons (Fsp3) is 0.273. The number of rotatable bonds is 2. The van der Waals surface area contributed by atoms with Crippen LogP contribution in [0.4, 0.5) is 0 Å². The molecule has 0 radical (unpaired) electrons. The molecule has 1 aliphatic rings. The van der Waals surface area contributed by atoms with E-state index in [0.717, 1.165) is 12.8 Å². The van der Waals surface area contributed by atoms with E-state index in [1.54, 1.807) is 0 Å². The summed E-state index contributed by atoms with van der Waals surface area (Å²) in [5, 5.41) is 0. The van der Waals surface area contributed by atoms with Crippen LogP contribution in [0.15, 0.2) is 48.1 Å². The van der Waals surface area contributed by atoms with Crippen molar-refractivity contribution in [1.29, 1.82) is 0 Å². The van der Waals surface area contributed by atoms with Gasteiger partial charge in [-0.3, -0.25) is 0 Å². The predicted molar refractivity (Wildman–Crippen MR) is 50.4 cm³/mol. The van der Waals surface area contributed by atoms with Crippen LogP contribution in [-0.4, -0.2) is 0 Å². The van der Waals surface area contributed by atoms with E-state index >= 15 is 0 Å². The quantitative estimate of drug-likeness (QED) is 0.560. The van der Waals surface area contributed by atoms with Gasteiger partial charge in [0, 0.05) is 0 Å². The van der Waals surface area contributed by atoms with Crippen molar-refractivity contribution in [2.24, 2.45) is 0 Å². The maximum atomic E-state index is 3.79. The van der Waals surface area contributed by atoms with Gasteiger partial charge in [0.25, 0.3) is 0 Å². The van der Waals surface area contributed by atoms with Crippen molar-refractivity contribution in [3.05, 3.63) is 48.1 Å². The topological polar surface area (TPSA) is 0 Å². The molecule has 0 heteroatoms.